The van der Waals surface area contributed by atoms with Gasteiger partial charge in [-0.05, 0) is 24.1 Å². The molecule has 0 aliphatic carbocycles. The van der Waals surface area contributed by atoms with Gasteiger partial charge < -0.3 is 4.98 Å². The number of H-pyrrole nitrogens is 2. The van der Waals surface area contributed by atoms with E-state index in [2.05, 4.69) is 15.2 Å². The largest absolute Gasteiger partial charge is 0.325 e. The highest BCUT2D eigenvalue weighted by molar-refractivity contribution is 5.85. The van der Waals surface area contributed by atoms with E-state index < -0.39 is 0 Å². The van der Waals surface area contributed by atoms with Crippen LogP contribution in [0.1, 0.15) is 11.3 Å². The zero-order chi connectivity index (χ0) is 14.8. The second-order valence-corrected chi connectivity index (χ2v) is 4.71. The van der Waals surface area contributed by atoms with Crippen LogP contribution in [0.15, 0.2) is 47.5 Å². The van der Waals surface area contributed by atoms with Crippen molar-refractivity contribution in [3.05, 3.63) is 64.3 Å². The number of rotatable bonds is 2. The van der Waals surface area contributed by atoms with E-state index in [4.69, 9.17) is 0 Å². The molecule has 0 spiro atoms. The molecule has 0 aliphatic heterocycles. The zero-order valence-corrected chi connectivity index (χ0v) is 11.3. The maximum Gasteiger partial charge on any atom is 0.266 e. The lowest BCUT2D eigenvalue weighted by Gasteiger charge is -2.10. The maximum atomic E-state index is 12.0. The topological polar surface area (TPSA) is 85.3 Å². The molecule has 0 fully saturated rings. The third-order valence-corrected chi connectivity index (χ3v) is 3.31. The van der Waals surface area contributed by atoms with E-state index in [9.17, 15) is 10.1 Å². The van der Waals surface area contributed by atoms with Gasteiger partial charge in [-0.15, -0.1) is 0 Å². The molecule has 3 rings (SSSR count). The van der Waals surface area contributed by atoms with E-state index >= 15 is 0 Å². The van der Waals surface area contributed by atoms with Gasteiger partial charge >= 0.3 is 0 Å². The highest BCUT2D eigenvalue weighted by Gasteiger charge is 2.14. The molecule has 0 bridgehead atoms. The Balaban J connectivity index is 2.33. The molecule has 0 aliphatic rings. The summed E-state index contributed by atoms with van der Waals surface area (Å²) in [5.74, 6) is 0. The van der Waals surface area contributed by atoms with Gasteiger partial charge in [-0.25, -0.2) is 0 Å². The highest BCUT2D eigenvalue weighted by Crippen LogP contribution is 2.32. The van der Waals surface area contributed by atoms with Gasteiger partial charge in [0, 0.05) is 23.0 Å². The molecule has 0 unspecified atom stereocenters. The van der Waals surface area contributed by atoms with Crippen LogP contribution in [0.25, 0.3) is 22.3 Å². The number of pyridine rings is 1. The molecular formula is C16H12N4O. The average molecular weight is 276 g/mol. The van der Waals surface area contributed by atoms with E-state index in [0.717, 1.165) is 22.4 Å². The summed E-state index contributed by atoms with van der Waals surface area (Å²) in [6, 6.07) is 11.5. The van der Waals surface area contributed by atoms with Crippen LogP contribution in [0.5, 0.6) is 0 Å². The van der Waals surface area contributed by atoms with Crippen LogP contribution in [0.2, 0.25) is 0 Å². The lowest BCUT2D eigenvalue weighted by Crippen LogP contribution is -2.12. The van der Waals surface area contributed by atoms with E-state index in [0.29, 0.717) is 5.56 Å². The molecular weight excluding hydrogens is 264 g/mol. The van der Waals surface area contributed by atoms with Crippen molar-refractivity contribution < 1.29 is 0 Å². The number of nitrogens with one attached hydrogen (secondary N) is 2. The fourth-order valence-electron chi connectivity index (χ4n) is 2.38. The Bertz CT molecular complexity index is 885. The summed E-state index contributed by atoms with van der Waals surface area (Å²) >= 11 is 0. The number of nitriles is 1. The molecule has 0 saturated heterocycles. The van der Waals surface area contributed by atoms with Crippen molar-refractivity contribution in [2.24, 2.45) is 0 Å². The minimum atomic E-state index is -0.366. The number of nitrogens with zero attached hydrogens (tertiary/aromatic N) is 2. The predicted molar refractivity (Wildman–Crippen MR) is 79.5 cm³/mol. The fraction of sp³-hybridized carbons (Fsp3) is 0.0625. The molecule has 0 radical (unpaired) electrons. The molecule has 2 heterocycles. The molecule has 5 nitrogen and oxygen atoms in total. The number of aromatic amines is 2. The van der Waals surface area contributed by atoms with E-state index in [1.807, 2.05) is 36.4 Å². The van der Waals surface area contributed by atoms with E-state index in [1.165, 1.54) is 0 Å². The van der Waals surface area contributed by atoms with Crippen LogP contribution >= 0.6 is 0 Å². The molecule has 2 N–H and O–H groups in total. The minimum absolute atomic E-state index is 0.122. The fourth-order valence-corrected chi connectivity index (χ4v) is 2.38. The summed E-state index contributed by atoms with van der Waals surface area (Å²) in [5.41, 5.74) is 3.78. The van der Waals surface area contributed by atoms with Crippen LogP contribution in [-0.4, -0.2) is 15.2 Å². The SMILES string of the molecule is Cc1cc(-c2ccccc2-c2cn[nH]c2)c(C#N)c(=O)[nH]1. The van der Waals surface area contributed by atoms with Crippen LogP contribution in [0.3, 0.4) is 0 Å². The van der Waals surface area contributed by atoms with Gasteiger partial charge in [0.25, 0.3) is 5.56 Å². The quantitative estimate of drug-likeness (QED) is 0.754. The summed E-state index contributed by atoms with van der Waals surface area (Å²) in [6.45, 7) is 1.80. The normalized spacial score (nSPS) is 10.3. The van der Waals surface area contributed by atoms with Gasteiger partial charge in [-0.2, -0.15) is 10.4 Å². The first-order chi connectivity index (χ1) is 10.2. The summed E-state index contributed by atoms with van der Waals surface area (Å²) in [4.78, 5) is 14.6. The molecule has 3 aromatic rings. The van der Waals surface area contributed by atoms with Crippen LogP contribution in [0.4, 0.5) is 0 Å². The van der Waals surface area contributed by atoms with Gasteiger partial charge in [0.05, 0.1) is 6.20 Å². The molecule has 0 amide bonds. The van der Waals surface area contributed by atoms with Crippen LogP contribution < -0.4 is 5.56 Å². The first-order valence-corrected chi connectivity index (χ1v) is 6.43. The van der Waals surface area contributed by atoms with Crippen LogP contribution in [0, 0.1) is 18.3 Å². The third-order valence-electron chi connectivity index (χ3n) is 3.31. The first-order valence-electron chi connectivity index (χ1n) is 6.43. The van der Waals surface area contributed by atoms with Gasteiger partial charge in [-0.1, -0.05) is 24.3 Å². The number of hydrogen-bond acceptors (Lipinski definition) is 3. The number of benzene rings is 1. The van der Waals surface area contributed by atoms with Crippen molar-refractivity contribution in [2.45, 2.75) is 6.92 Å². The van der Waals surface area contributed by atoms with Gasteiger partial charge in [0.2, 0.25) is 0 Å². The minimum Gasteiger partial charge on any atom is -0.325 e. The first kappa shape index (κ1) is 12.9. The molecule has 5 heteroatoms. The Morgan fingerprint density at radius 3 is 2.62 bits per heavy atom. The van der Waals surface area contributed by atoms with Crippen molar-refractivity contribution in [1.29, 1.82) is 5.26 Å². The molecule has 0 atom stereocenters. The Hall–Kier alpha value is -3.13. The molecule has 0 saturated carbocycles. The Labute approximate surface area is 120 Å². The second kappa shape index (κ2) is 5.10. The molecule has 2 aromatic heterocycles. The summed E-state index contributed by atoms with van der Waals surface area (Å²) < 4.78 is 0. The van der Waals surface area contributed by atoms with Crippen molar-refractivity contribution in [3.63, 3.8) is 0 Å². The van der Waals surface area contributed by atoms with Crippen molar-refractivity contribution in [3.8, 4) is 28.3 Å². The predicted octanol–water partition coefficient (Wildman–Crippen LogP) is 2.61. The summed E-state index contributed by atoms with van der Waals surface area (Å²) in [6.07, 6.45) is 3.50. The maximum absolute atomic E-state index is 12.0. The molecule has 21 heavy (non-hydrogen) atoms. The lowest BCUT2D eigenvalue weighted by atomic mass is 9.94. The Morgan fingerprint density at radius 1 is 1.19 bits per heavy atom. The standard InChI is InChI=1S/C16H12N4O/c1-10-6-14(15(7-17)16(21)20-10)13-5-3-2-4-12(13)11-8-18-19-9-11/h2-6,8-9H,1H3,(H,18,19)(H,20,21). The van der Waals surface area contributed by atoms with Crippen molar-refractivity contribution in [2.75, 3.05) is 0 Å². The van der Waals surface area contributed by atoms with Crippen molar-refractivity contribution >= 4 is 0 Å². The zero-order valence-electron chi connectivity index (χ0n) is 11.3. The van der Waals surface area contributed by atoms with Gasteiger partial charge in [0.15, 0.2) is 0 Å². The number of hydrogen-bond donors (Lipinski definition) is 2. The van der Waals surface area contributed by atoms with Crippen LogP contribution in [-0.2, 0) is 0 Å². The summed E-state index contributed by atoms with van der Waals surface area (Å²) in [5, 5.41) is 16.0. The molecule has 1 aromatic carbocycles. The highest BCUT2D eigenvalue weighted by atomic mass is 16.1. The number of aromatic nitrogens is 3. The van der Waals surface area contributed by atoms with Gasteiger partial charge in [0.1, 0.15) is 11.6 Å². The lowest BCUT2D eigenvalue weighted by molar-refractivity contribution is 1.09. The van der Waals surface area contributed by atoms with E-state index in [1.54, 1.807) is 19.3 Å². The monoisotopic (exact) mass is 276 g/mol. The Morgan fingerprint density at radius 2 is 1.95 bits per heavy atom. The van der Waals surface area contributed by atoms with Crippen molar-refractivity contribution in [1.82, 2.24) is 15.2 Å². The summed E-state index contributed by atoms with van der Waals surface area (Å²) in [7, 11) is 0. The van der Waals surface area contributed by atoms with Gasteiger partial charge in [-0.3, -0.25) is 9.89 Å². The number of aryl methyl sites for hydroxylation is 1. The third kappa shape index (κ3) is 2.23. The average Bonchev–Trinajstić information content (AvgIpc) is 3.00. The smallest absolute Gasteiger partial charge is 0.266 e. The van der Waals surface area contributed by atoms with E-state index in [-0.39, 0.29) is 11.1 Å². The molecule has 102 valence electrons. The second-order valence-electron chi connectivity index (χ2n) is 4.71. The Kier molecular flexibility index (Phi) is 3.13.